The van der Waals surface area contributed by atoms with Gasteiger partial charge in [-0.25, -0.2) is 9.97 Å². The van der Waals surface area contributed by atoms with Gasteiger partial charge in [0.25, 0.3) is 0 Å². The first-order valence-electron chi connectivity index (χ1n) is 6.27. The third kappa shape index (κ3) is 2.66. The van der Waals surface area contributed by atoms with Gasteiger partial charge in [-0.2, -0.15) is 0 Å². The summed E-state index contributed by atoms with van der Waals surface area (Å²) in [5, 5.41) is 3.30. The monoisotopic (exact) mass is 236 g/mol. The maximum atomic E-state index is 5.37. The first-order valence-corrected chi connectivity index (χ1v) is 6.27. The Balaban J connectivity index is 2.28. The van der Waals surface area contributed by atoms with Crippen LogP contribution in [0.25, 0.3) is 0 Å². The van der Waals surface area contributed by atoms with Crippen LogP contribution in [0.2, 0.25) is 0 Å². The molecule has 1 saturated heterocycles. The van der Waals surface area contributed by atoms with Gasteiger partial charge >= 0.3 is 0 Å². The second-order valence-electron chi connectivity index (χ2n) is 4.01. The summed E-state index contributed by atoms with van der Waals surface area (Å²) in [4.78, 5) is 11.0. The summed E-state index contributed by atoms with van der Waals surface area (Å²) in [6, 6.07) is 0. The lowest BCUT2D eigenvalue weighted by Gasteiger charge is -2.29. The number of morpholine rings is 1. The molecule has 1 fully saturated rings. The Morgan fingerprint density at radius 3 is 2.71 bits per heavy atom. The summed E-state index contributed by atoms with van der Waals surface area (Å²) < 4.78 is 5.37. The van der Waals surface area contributed by atoms with Crippen LogP contribution in [0.5, 0.6) is 0 Å². The number of nitrogens with zero attached hydrogens (tertiary/aromatic N) is 3. The van der Waals surface area contributed by atoms with Gasteiger partial charge in [0.15, 0.2) is 0 Å². The summed E-state index contributed by atoms with van der Waals surface area (Å²) >= 11 is 0. The molecule has 1 N–H and O–H groups in total. The van der Waals surface area contributed by atoms with Crippen molar-refractivity contribution < 1.29 is 4.74 Å². The van der Waals surface area contributed by atoms with E-state index >= 15 is 0 Å². The van der Waals surface area contributed by atoms with Crippen LogP contribution in [0.3, 0.4) is 0 Å². The van der Waals surface area contributed by atoms with Gasteiger partial charge in [-0.1, -0.05) is 6.92 Å². The quantitative estimate of drug-likeness (QED) is 0.854. The molecule has 5 heteroatoms. The fourth-order valence-electron chi connectivity index (χ4n) is 2.10. The van der Waals surface area contributed by atoms with Crippen LogP contribution in [0.4, 0.5) is 11.6 Å². The molecular weight excluding hydrogens is 216 g/mol. The van der Waals surface area contributed by atoms with Gasteiger partial charge in [0.1, 0.15) is 18.0 Å². The molecule has 17 heavy (non-hydrogen) atoms. The van der Waals surface area contributed by atoms with Crippen LogP contribution in [0.15, 0.2) is 6.33 Å². The van der Waals surface area contributed by atoms with E-state index in [1.807, 2.05) is 0 Å². The Labute approximate surface area is 102 Å². The molecular formula is C12H20N4O. The molecule has 1 aromatic heterocycles. The Bertz CT molecular complexity index is 364. The first kappa shape index (κ1) is 12.1. The third-order valence-corrected chi connectivity index (χ3v) is 2.93. The van der Waals surface area contributed by atoms with Crippen LogP contribution in [0, 0.1) is 0 Å². The Morgan fingerprint density at radius 1 is 1.29 bits per heavy atom. The molecule has 94 valence electrons. The molecule has 0 aliphatic carbocycles. The number of hydrogen-bond donors (Lipinski definition) is 1. The molecule has 0 saturated carbocycles. The van der Waals surface area contributed by atoms with E-state index in [4.69, 9.17) is 4.74 Å². The zero-order valence-electron chi connectivity index (χ0n) is 10.6. The van der Waals surface area contributed by atoms with E-state index in [2.05, 4.69) is 34.0 Å². The maximum absolute atomic E-state index is 5.37. The average molecular weight is 236 g/mol. The largest absolute Gasteiger partial charge is 0.378 e. The van der Waals surface area contributed by atoms with Gasteiger partial charge in [0.2, 0.25) is 0 Å². The lowest BCUT2D eigenvalue weighted by atomic mass is 10.2. The predicted molar refractivity (Wildman–Crippen MR) is 68.6 cm³/mol. The predicted octanol–water partition coefficient (Wildman–Crippen LogP) is 1.31. The number of rotatable bonds is 4. The molecule has 0 bridgehead atoms. The minimum Gasteiger partial charge on any atom is -0.378 e. The number of aromatic nitrogens is 2. The normalized spacial score (nSPS) is 16.0. The van der Waals surface area contributed by atoms with E-state index in [-0.39, 0.29) is 0 Å². The molecule has 2 heterocycles. The Kier molecular flexibility index (Phi) is 4.14. The molecule has 1 aliphatic rings. The van der Waals surface area contributed by atoms with Crippen molar-refractivity contribution in [1.82, 2.24) is 9.97 Å². The maximum Gasteiger partial charge on any atom is 0.137 e. The zero-order chi connectivity index (χ0) is 12.1. The van der Waals surface area contributed by atoms with Crippen molar-refractivity contribution in [2.45, 2.75) is 20.3 Å². The highest BCUT2D eigenvalue weighted by molar-refractivity contribution is 5.58. The summed E-state index contributed by atoms with van der Waals surface area (Å²) in [6.45, 7) is 8.49. The van der Waals surface area contributed by atoms with Gasteiger partial charge in [-0.3, -0.25) is 0 Å². The summed E-state index contributed by atoms with van der Waals surface area (Å²) in [5.41, 5.74) is 1.20. The number of anilines is 2. The number of nitrogens with one attached hydrogen (secondary N) is 1. The number of hydrogen-bond acceptors (Lipinski definition) is 5. The molecule has 2 rings (SSSR count). The highest BCUT2D eigenvalue weighted by Crippen LogP contribution is 2.24. The molecule has 5 nitrogen and oxygen atoms in total. The topological polar surface area (TPSA) is 50.3 Å². The molecule has 0 unspecified atom stereocenters. The van der Waals surface area contributed by atoms with Crippen molar-refractivity contribution in [2.75, 3.05) is 43.1 Å². The van der Waals surface area contributed by atoms with Gasteiger partial charge in [-0.15, -0.1) is 0 Å². The van der Waals surface area contributed by atoms with E-state index in [0.29, 0.717) is 0 Å². The van der Waals surface area contributed by atoms with Crippen molar-refractivity contribution in [2.24, 2.45) is 0 Å². The van der Waals surface area contributed by atoms with E-state index < -0.39 is 0 Å². The van der Waals surface area contributed by atoms with Gasteiger partial charge < -0.3 is 15.0 Å². The van der Waals surface area contributed by atoms with E-state index in [9.17, 15) is 0 Å². The summed E-state index contributed by atoms with van der Waals surface area (Å²) in [6.07, 6.45) is 2.58. The second kappa shape index (κ2) is 5.82. The van der Waals surface area contributed by atoms with Crippen molar-refractivity contribution in [3.8, 4) is 0 Å². The average Bonchev–Trinajstić information content (AvgIpc) is 2.40. The lowest BCUT2D eigenvalue weighted by Crippen LogP contribution is -2.37. The molecule has 0 amide bonds. The van der Waals surface area contributed by atoms with Crippen LogP contribution < -0.4 is 10.2 Å². The van der Waals surface area contributed by atoms with Crippen molar-refractivity contribution in [1.29, 1.82) is 0 Å². The fraction of sp³-hybridized carbons (Fsp3) is 0.667. The van der Waals surface area contributed by atoms with E-state index in [1.165, 1.54) is 5.56 Å². The lowest BCUT2D eigenvalue weighted by molar-refractivity contribution is 0.122. The van der Waals surface area contributed by atoms with E-state index in [1.54, 1.807) is 6.33 Å². The standard InChI is InChI=1S/C12H20N4O/c1-3-10-11(13-4-2)14-9-15-12(10)16-5-7-17-8-6-16/h9H,3-8H2,1-2H3,(H,13,14,15). The first-order chi connectivity index (χ1) is 8.36. The van der Waals surface area contributed by atoms with E-state index in [0.717, 1.165) is 50.9 Å². The van der Waals surface area contributed by atoms with Gasteiger partial charge in [0.05, 0.1) is 13.2 Å². The Hall–Kier alpha value is -1.36. The van der Waals surface area contributed by atoms with Crippen LogP contribution in [0.1, 0.15) is 19.4 Å². The minimum absolute atomic E-state index is 0.781. The smallest absolute Gasteiger partial charge is 0.137 e. The molecule has 0 spiro atoms. The summed E-state index contributed by atoms with van der Waals surface area (Å²) in [5.74, 6) is 2.02. The second-order valence-corrected chi connectivity index (χ2v) is 4.01. The molecule has 1 aliphatic heterocycles. The van der Waals surface area contributed by atoms with Gasteiger partial charge in [0, 0.05) is 25.2 Å². The SMILES string of the molecule is CCNc1ncnc(N2CCOCC2)c1CC. The highest BCUT2D eigenvalue weighted by Gasteiger charge is 2.17. The van der Waals surface area contributed by atoms with Crippen molar-refractivity contribution >= 4 is 11.6 Å². The van der Waals surface area contributed by atoms with Crippen LogP contribution in [-0.4, -0.2) is 42.8 Å². The fourth-order valence-corrected chi connectivity index (χ4v) is 2.10. The highest BCUT2D eigenvalue weighted by atomic mass is 16.5. The third-order valence-electron chi connectivity index (χ3n) is 2.93. The molecule has 0 atom stereocenters. The zero-order valence-corrected chi connectivity index (χ0v) is 10.6. The Morgan fingerprint density at radius 2 is 2.06 bits per heavy atom. The number of ether oxygens (including phenoxy) is 1. The van der Waals surface area contributed by atoms with Crippen LogP contribution >= 0.6 is 0 Å². The van der Waals surface area contributed by atoms with Crippen LogP contribution in [-0.2, 0) is 11.2 Å². The van der Waals surface area contributed by atoms with Gasteiger partial charge in [-0.05, 0) is 13.3 Å². The van der Waals surface area contributed by atoms with Crippen molar-refractivity contribution in [3.05, 3.63) is 11.9 Å². The molecule has 1 aromatic rings. The minimum atomic E-state index is 0.781. The molecule has 0 aromatic carbocycles. The molecule has 0 radical (unpaired) electrons. The van der Waals surface area contributed by atoms with Crippen molar-refractivity contribution in [3.63, 3.8) is 0 Å². The summed E-state index contributed by atoms with van der Waals surface area (Å²) in [7, 11) is 0.